The number of aromatic nitrogens is 2. The van der Waals surface area contributed by atoms with Gasteiger partial charge < -0.3 is 15.4 Å². The SMILES string of the molecule is C[C@@H]1CNc2c(sc3ccc4nc(-c5cc(C#C[Si](C)(C)C)ncc5CN5CCOCC5)ccc4c23)C(=O)N1. The number of nitrogens with one attached hydrogen (secondary N) is 2. The van der Waals surface area contributed by atoms with Crippen molar-refractivity contribution in [2.75, 3.05) is 38.2 Å². The highest BCUT2D eigenvalue weighted by atomic mass is 32.1. The summed E-state index contributed by atoms with van der Waals surface area (Å²) in [6, 6.07) is 10.6. The van der Waals surface area contributed by atoms with E-state index >= 15 is 0 Å². The summed E-state index contributed by atoms with van der Waals surface area (Å²) in [7, 11) is -1.54. The van der Waals surface area contributed by atoms with E-state index in [1.807, 2.05) is 13.1 Å². The van der Waals surface area contributed by atoms with Crippen LogP contribution < -0.4 is 10.6 Å². The minimum absolute atomic E-state index is 0.0158. The Hall–Kier alpha value is -3.29. The van der Waals surface area contributed by atoms with Crippen LogP contribution in [0.2, 0.25) is 19.6 Å². The van der Waals surface area contributed by atoms with E-state index in [1.165, 1.54) is 11.3 Å². The van der Waals surface area contributed by atoms with Crippen LogP contribution in [-0.2, 0) is 11.3 Å². The topological polar surface area (TPSA) is 79.4 Å². The van der Waals surface area contributed by atoms with Crippen molar-refractivity contribution in [2.24, 2.45) is 0 Å². The maximum atomic E-state index is 12.8. The Labute approximate surface area is 234 Å². The number of pyridine rings is 2. The number of nitrogens with zero attached hydrogens (tertiary/aromatic N) is 3. The van der Waals surface area contributed by atoms with E-state index in [-0.39, 0.29) is 11.9 Å². The minimum Gasteiger partial charge on any atom is -0.381 e. The van der Waals surface area contributed by atoms with Gasteiger partial charge in [-0.05, 0) is 42.8 Å². The smallest absolute Gasteiger partial charge is 0.263 e. The molecule has 0 saturated carbocycles. The fraction of sp³-hybridized carbons (Fsp3) is 0.367. The largest absolute Gasteiger partial charge is 0.381 e. The van der Waals surface area contributed by atoms with Gasteiger partial charge in [0.15, 0.2) is 0 Å². The second-order valence-electron chi connectivity index (χ2n) is 11.4. The van der Waals surface area contributed by atoms with Gasteiger partial charge in [0.25, 0.3) is 5.91 Å². The third-order valence-electron chi connectivity index (χ3n) is 7.02. The number of carbonyl (C=O) groups is 1. The van der Waals surface area contributed by atoms with E-state index in [2.05, 4.69) is 77.0 Å². The number of carbonyl (C=O) groups excluding carboxylic acids is 1. The van der Waals surface area contributed by atoms with Crippen LogP contribution in [0.3, 0.4) is 0 Å². The third-order valence-corrected chi connectivity index (χ3v) is 9.05. The Balaban J connectivity index is 1.46. The summed E-state index contributed by atoms with van der Waals surface area (Å²) in [5.74, 6) is 3.31. The van der Waals surface area contributed by atoms with Gasteiger partial charge in [-0.25, -0.2) is 9.97 Å². The molecular weight excluding hydrogens is 523 g/mol. The summed E-state index contributed by atoms with van der Waals surface area (Å²) in [5.41, 5.74) is 9.16. The van der Waals surface area contributed by atoms with E-state index in [9.17, 15) is 4.79 Å². The van der Waals surface area contributed by atoms with Crippen molar-refractivity contribution < 1.29 is 9.53 Å². The van der Waals surface area contributed by atoms with Crippen LogP contribution in [0.15, 0.2) is 36.5 Å². The number of hydrogen-bond acceptors (Lipinski definition) is 7. The van der Waals surface area contributed by atoms with Gasteiger partial charge >= 0.3 is 0 Å². The maximum absolute atomic E-state index is 12.8. The normalized spacial score (nSPS) is 18.2. The van der Waals surface area contributed by atoms with Gasteiger partial charge in [0, 0.05) is 59.5 Å². The zero-order valence-electron chi connectivity index (χ0n) is 22.9. The number of morpholine rings is 1. The molecule has 7 nitrogen and oxygen atoms in total. The van der Waals surface area contributed by atoms with Crippen molar-refractivity contribution in [3.63, 3.8) is 0 Å². The minimum atomic E-state index is -1.54. The van der Waals surface area contributed by atoms with Crippen molar-refractivity contribution in [1.29, 1.82) is 0 Å². The molecular formula is C30H33N5O2SSi. The summed E-state index contributed by atoms with van der Waals surface area (Å²) in [6.45, 7) is 13.5. The van der Waals surface area contributed by atoms with Crippen molar-refractivity contribution >= 4 is 52.0 Å². The first-order chi connectivity index (χ1) is 18.7. The summed E-state index contributed by atoms with van der Waals surface area (Å²) in [6.07, 6.45) is 1.97. The molecule has 0 aliphatic carbocycles. The summed E-state index contributed by atoms with van der Waals surface area (Å²) in [4.78, 5) is 25.8. The van der Waals surface area contributed by atoms with Crippen LogP contribution in [0.25, 0.3) is 32.2 Å². The number of rotatable bonds is 3. The molecule has 2 aliphatic heterocycles. The third kappa shape index (κ3) is 5.43. The highest BCUT2D eigenvalue weighted by Gasteiger charge is 2.25. The lowest BCUT2D eigenvalue weighted by atomic mass is 10.0. The maximum Gasteiger partial charge on any atom is 0.263 e. The number of fused-ring (bicyclic) bond motifs is 5. The van der Waals surface area contributed by atoms with Crippen molar-refractivity contribution in [1.82, 2.24) is 20.2 Å². The Morgan fingerprint density at radius 1 is 1.18 bits per heavy atom. The van der Waals surface area contributed by atoms with Crippen molar-refractivity contribution in [2.45, 2.75) is 39.2 Å². The lowest BCUT2D eigenvalue weighted by Crippen LogP contribution is -2.35. The first kappa shape index (κ1) is 26.0. The van der Waals surface area contributed by atoms with Gasteiger partial charge in [0.1, 0.15) is 18.6 Å². The van der Waals surface area contributed by atoms with Crippen LogP contribution in [0, 0.1) is 11.5 Å². The molecule has 2 N–H and O–H groups in total. The quantitative estimate of drug-likeness (QED) is 0.270. The van der Waals surface area contributed by atoms with E-state index < -0.39 is 8.07 Å². The Morgan fingerprint density at radius 3 is 2.79 bits per heavy atom. The fourth-order valence-corrected chi connectivity index (χ4v) is 6.64. The molecule has 1 amide bonds. The molecule has 5 heterocycles. The summed E-state index contributed by atoms with van der Waals surface area (Å²) >= 11 is 1.53. The van der Waals surface area contributed by atoms with Gasteiger partial charge in [-0.3, -0.25) is 9.69 Å². The molecule has 1 fully saturated rings. The summed E-state index contributed by atoms with van der Waals surface area (Å²) < 4.78 is 6.64. The molecule has 3 aromatic heterocycles. The van der Waals surface area contributed by atoms with Crippen LogP contribution in [-0.4, -0.2) is 67.7 Å². The number of hydrogen-bond donors (Lipinski definition) is 2. The molecule has 0 unspecified atom stereocenters. The predicted molar refractivity (Wildman–Crippen MR) is 162 cm³/mol. The lowest BCUT2D eigenvalue weighted by Gasteiger charge is -2.27. The highest BCUT2D eigenvalue weighted by Crippen LogP contribution is 2.41. The van der Waals surface area contributed by atoms with Crippen molar-refractivity contribution in [3.05, 3.63) is 52.7 Å². The first-order valence-corrected chi connectivity index (χ1v) is 17.8. The van der Waals surface area contributed by atoms with Crippen molar-refractivity contribution in [3.8, 4) is 22.7 Å². The molecule has 1 saturated heterocycles. The van der Waals surface area contributed by atoms with Gasteiger partial charge in [0.2, 0.25) is 0 Å². The molecule has 9 heteroatoms. The molecule has 200 valence electrons. The number of ether oxygens (including phenoxy) is 1. The molecule has 0 spiro atoms. The monoisotopic (exact) mass is 555 g/mol. The van der Waals surface area contributed by atoms with Gasteiger partial charge in [0.05, 0.1) is 30.1 Å². The standard InChI is InChI=1S/C30H33N5O2SSi/c1-19-16-32-28-27-22-5-6-25(34-24(22)7-8-26(27)38-29(28)30(36)33-19)23-15-21(9-14-39(2,3)4)31-17-20(23)18-35-10-12-37-13-11-35/h5-8,15,17,19,32H,10-13,16,18H2,1-4H3,(H,33,36)/t19-/m1/s1. The van der Waals surface area contributed by atoms with E-state index in [0.717, 1.165) is 86.9 Å². The number of amides is 1. The Morgan fingerprint density at radius 2 is 2.00 bits per heavy atom. The average molecular weight is 556 g/mol. The number of benzene rings is 1. The molecule has 2 aliphatic rings. The van der Waals surface area contributed by atoms with Crippen LogP contribution in [0.1, 0.15) is 27.9 Å². The van der Waals surface area contributed by atoms with Gasteiger partial charge in [-0.1, -0.05) is 25.6 Å². The van der Waals surface area contributed by atoms with E-state index in [4.69, 9.17) is 14.7 Å². The fourth-order valence-electron chi connectivity index (χ4n) is 5.04. The molecule has 1 atom stereocenters. The lowest BCUT2D eigenvalue weighted by molar-refractivity contribution is 0.0342. The Bertz CT molecular complexity index is 1640. The summed E-state index contributed by atoms with van der Waals surface area (Å²) in [5, 5.41) is 8.70. The van der Waals surface area contributed by atoms with E-state index in [0.29, 0.717) is 6.54 Å². The molecule has 0 bridgehead atoms. The van der Waals surface area contributed by atoms with Crippen LogP contribution in [0.5, 0.6) is 0 Å². The molecule has 6 rings (SSSR count). The molecule has 39 heavy (non-hydrogen) atoms. The second kappa shape index (κ2) is 10.4. The molecule has 4 aromatic rings. The van der Waals surface area contributed by atoms with Crippen LogP contribution >= 0.6 is 11.3 Å². The van der Waals surface area contributed by atoms with Gasteiger partial charge in [-0.2, -0.15) is 0 Å². The zero-order valence-corrected chi connectivity index (χ0v) is 24.7. The predicted octanol–water partition coefficient (Wildman–Crippen LogP) is 5.12. The Kier molecular flexibility index (Phi) is 6.89. The van der Waals surface area contributed by atoms with Crippen LogP contribution in [0.4, 0.5) is 5.69 Å². The second-order valence-corrected chi connectivity index (χ2v) is 17.2. The molecule has 1 aromatic carbocycles. The average Bonchev–Trinajstić information content (AvgIpc) is 3.24. The van der Waals surface area contributed by atoms with Gasteiger partial charge in [-0.15, -0.1) is 16.9 Å². The first-order valence-electron chi connectivity index (χ1n) is 13.5. The zero-order chi connectivity index (χ0) is 27.1. The number of thiophene rings is 1. The number of anilines is 1. The van der Waals surface area contributed by atoms with E-state index in [1.54, 1.807) is 0 Å². The highest BCUT2D eigenvalue weighted by molar-refractivity contribution is 7.21. The molecule has 0 radical (unpaired) electrons.